The minimum absolute atomic E-state index is 0.0825. The molecular weight excluding hydrogens is 546 g/mol. The molecule has 206 valence electrons. The fourth-order valence-corrected chi connectivity index (χ4v) is 7.15. The van der Waals surface area contributed by atoms with E-state index in [0.717, 1.165) is 11.0 Å². The number of anilines is 1. The van der Waals surface area contributed by atoms with E-state index in [4.69, 9.17) is 16.6 Å². The Balaban J connectivity index is 1.50. The molecule has 0 saturated carbocycles. The molecule has 1 N–H and O–H groups in total. The van der Waals surface area contributed by atoms with Gasteiger partial charge < -0.3 is 0 Å². The molecule has 41 heavy (non-hydrogen) atoms. The van der Waals surface area contributed by atoms with Gasteiger partial charge in [-0.15, -0.1) is 0 Å². The molecule has 0 radical (unpaired) electrons. The first-order valence-electron chi connectivity index (χ1n) is 13.4. The molecule has 1 aromatic heterocycles. The Hall–Kier alpha value is -4.41. The summed E-state index contributed by atoms with van der Waals surface area (Å²) in [6.45, 7) is 4.08. The molecule has 3 aromatic carbocycles. The van der Waals surface area contributed by atoms with E-state index in [0.29, 0.717) is 34.4 Å². The summed E-state index contributed by atoms with van der Waals surface area (Å²) in [5.74, 6) is -2.17. The highest BCUT2D eigenvalue weighted by molar-refractivity contribution is 6.33. The third kappa shape index (κ3) is 3.34. The largest absolute Gasteiger partial charge is 0.297 e. The summed E-state index contributed by atoms with van der Waals surface area (Å²) < 4.78 is 1.55. The Labute approximate surface area is 238 Å². The van der Waals surface area contributed by atoms with E-state index in [1.165, 1.54) is 12.1 Å². The number of amides is 2. The molecule has 4 heterocycles. The number of aromatic nitrogens is 2. The average molecular weight is 570 g/mol. The van der Waals surface area contributed by atoms with Gasteiger partial charge in [0.2, 0.25) is 11.8 Å². The van der Waals surface area contributed by atoms with Crippen LogP contribution in [0.15, 0.2) is 71.5 Å². The number of carbonyl (C=O) groups is 2. The number of nitrogens with zero attached hydrogens (tertiary/aromatic N) is 4. The topological polar surface area (TPSA) is 127 Å². The number of hydrogen-bond acceptors (Lipinski definition) is 7. The van der Waals surface area contributed by atoms with Gasteiger partial charge >= 0.3 is 0 Å². The van der Waals surface area contributed by atoms with Crippen LogP contribution >= 0.6 is 11.6 Å². The summed E-state index contributed by atoms with van der Waals surface area (Å²) in [7, 11) is 0. The molecule has 10 nitrogen and oxygen atoms in total. The molecule has 1 spiro atoms. The fourth-order valence-electron chi connectivity index (χ4n) is 6.96. The molecule has 11 heteroatoms. The maximum absolute atomic E-state index is 14.5. The number of nitro benzene ring substituents is 1. The second-order valence-electron chi connectivity index (χ2n) is 11.2. The third-order valence-corrected chi connectivity index (χ3v) is 8.79. The van der Waals surface area contributed by atoms with Crippen LogP contribution in [0, 0.1) is 27.9 Å². The number of carbonyl (C=O) groups excluding carboxylic acids is 2. The molecule has 4 atom stereocenters. The van der Waals surface area contributed by atoms with Crippen molar-refractivity contribution >= 4 is 45.7 Å². The van der Waals surface area contributed by atoms with Crippen molar-refractivity contribution in [3.63, 3.8) is 0 Å². The van der Waals surface area contributed by atoms with E-state index in [2.05, 4.69) is 5.32 Å². The molecule has 2 amide bonds. The summed E-state index contributed by atoms with van der Waals surface area (Å²) in [4.78, 5) is 59.5. The van der Waals surface area contributed by atoms with Crippen molar-refractivity contribution < 1.29 is 14.5 Å². The van der Waals surface area contributed by atoms with Crippen LogP contribution in [0.5, 0.6) is 0 Å². The molecule has 7 rings (SSSR count). The predicted molar refractivity (Wildman–Crippen MR) is 152 cm³/mol. The predicted octanol–water partition coefficient (Wildman–Crippen LogP) is 4.33. The number of fused-ring (bicyclic) bond motifs is 8. The Morgan fingerprint density at radius 3 is 2.54 bits per heavy atom. The zero-order valence-electron chi connectivity index (χ0n) is 22.1. The molecular formula is C30H24ClN5O5. The molecule has 2 fully saturated rings. The van der Waals surface area contributed by atoms with Gasteiger partial charge in [-0.2, -0.15) is 0 Å². The lowest BCUT2D eigenvalue weighted by Crippen LogP contribution is -2.50. The Kier molecular flexibility index (Phi) is 5.48. The second kappa shape index (κ2) is 8.79. The van der Waals surface area contributed by atoms with Crippen molar-refractivity contribution in [1.82, 2.24) is 14.9 Å². The first-order chi connectivity index (χ1) is 19.6. The van der Waals surface area contributed by atoms with E-state index in [1.807, 2.05) is 38.1 Å². The highest BCUT2D eigenvalue weighted by Crippen LogP contribution is 2.56. The fraction of sp³-hybridized carbons (Fsp3) is 0.267. The second-order valence-corrected chi connectivity index (χ2v) is 11.6. The zero-order chi connectivity index (χ0) is 28.8. The molecule has 3 aliphatic heterocycles. The van der Waals surface area contributed by atoms with Crippen LogP contribution in [-0.4, -0.2) is 32.3 Å². The number of hydrogen-bond donors (Lipinski definition) is 1. The Bertz CT molecular complexity index is 1890. The molecule has 0 aliphatic carbocycles. The lowest BCUT2D eigenvalue weighted by atomic mass is 9.75. The minimum Gasteiger partial charge on any atom is -0.297 e. The van der Waals surface area contributed by atoms with Crippen LogP contribution < -0.4 is 15.8 Å². The quantitative estimate of drug-likeness (QED) is 0.220. The maximum Gasteiger partial charge on any atom is 0.289 e. The summed E-state index contributed by atoms with van der Waals surface area (Å²) >= 11 is 6.04. The number of imide groups is 1. The maximum atomic E-state index is 14.5. The van der Waals surface area contributed by atoms with E-state index in [1.54, 1.807) is 28.8 Å². The van der Waals surface area contributed by atoms with Crippen LogP contribution in [0.4, 0.5) is 11.4 Å². The lowest BCUT2D eigenvalue weighted by Gasteiger charge is -2.32. The van der Waals surface area contributed by atoms with Gasteiger partial charge in [0.25, 0.3) is 11.2 Å². The normalized spacial score (nSPS) is 24.4. The van der Waals surface area contributed by atoms with Gasteiger partial charge in [-0.25, -0.2) is 9.88 Å². The number of halogens is 1. The van der Waals surface area contributed by atoms with Crippen molar-refractivity contribution in [1.29, 1.82) is 0 Å². The van der Waals surface area contributed by atoms with Crippen molar-refractivity contribution in [2.75, 3.05) is 4.90 Å². The summed E-state index contributed by atoms with van der Waals surface area (Å²) in [5, 5.41) is 15.6. The Morgan fingerprint density at radius 1 is 1.05 bits per heavy atom. The van der Waals surface area contributed by atoms with Gasteiger partial charge in [0.1, 0.15) is 16.4 Å². The molecule has 4 aromatic rings. The first kappa shape index (κ1) is 25.6. The number of nitrogens with one attached hydrogen (secondary N) is 1. The monoisotopic (exact) mass is 569 g/mol. The Morgan fingerprint density at radius 2 is 1.78 bits per heavy atom. The van der Waals surface area contributed by atoms with Gasteiger partial charge in [0.05, 0.1) is 39.0 Å². The molecule has 0 unspecified atom stereocenters. The number of rotatable bonds is 4. The van der Waals surface area contributed by atoms with Gasteiger partial charge in [0, 0.05) is 17.7 Å². The summed E-state index contributed by atoms with van der Waals surface area (Å²) in [6, 6.07) is 17.9. The van der Waals surface area contributed by atoms with E-state index < -0.39 is 45.8 Å². The highest BCUT2D eigenvalue weighted by atomic mass is 35.5. The van der Waals surface area contributed by atoms with Gasteiger partial charge in [0.15, 0.2) is 0 Å². The van der Waals surface area contributed by atoms with Crippen LogP contribution in [0.3, 0.4) is 0 Å². The molecule has 2 saturated heterocycles. The van der Waals surface area contributed by atoms with Crippen molar-refractivity contribution in [2.24, 2.45) is 17.8 Å². The van der Waals surface area contributed by atoms with Gasteiger partial charge in [-0.3, -0.25) is 34.4 Å². The van der Waals surface area contributed by atoms with Crippen molar-refractivity contribution in [3.8, 4) is 5.69 Å². The van der Waals surface area contributed by atoms with Crippen LogP contribution in [0.1, 0.15) is 31.7 Å². The van der Waals surface area contributed by atoms with Gasteiger partial charge in [-0.1, -0.05) is 55.8 Å². The summed E-state index contributed by atoms with van der Waals surface area (Å²) in [6.07, 6.45) is 0.580. The first-order valence-corrected chi connectivity index (χ1v) is 13.7. The summed E-state index contributed by atoms with van der Waals surface area (Å²) in [5.41, 5.74) is -0.0757. The zero-order valence-corrected chi connectivity index (χ0v) is 22.8. The SMILES string of the molecule is CC(C)C[C@@H]1N[C@@]2(c3ccccc3-n3c2nc2ccccc2c3=O)[C@H]2C(=O)N(c3ccc(Cl)c([N+](=O)[O-])c3)C(=O)[C@@H]12. The van der Waals surface area contributed by atoms with E-state index in [9.17, 15) is 24.5 Å². The smallest absolute Gasteiger partial charge is 0.289 e. The minimum atomic E-state index is -1.27. The van der Waals surface area contributed by atoms with Crippen LogP contribution in [0.2, 0.25) is 5.02 Å². The standard InChI is InChI=1S/C30H24ClN5O5/c1-15(2)13-21-24-25(28(39)34(27(24)38)16-11-12-19(31)23(14-16)36(40)41)30(33-21)18-8-4-6-10-22(18)35-26(37)17-7-3-5-9-20(17)32-29(30)35/h3-12,14-15,21,24-25,33H,13H2,1-2H3/t21-,24-,25+,30-/m0/s1. The third-order valence-electron chi connectivity index (χ3n) is 8.47. The van der Waals surface area contributed by atoms with Crippen LogP contribution in [0.25, 0.3) is 16.6 Å². The number of benzene rings is 3. The van der Waals surface area contributed by atoms with Crippen molar-refractivity contribution in [3.05, 3.63) is 104 Å². The molecule has 3 aliphatic rings. The van der Waals surface area contributed by atoms with Crippen molar-refractivity contribution in [2.45, 2.75) is 31.8 Å². The van der Waals surface area contributed by atoms with E-state index in [-0.39, 0.29) is 22.2 Å². The average Bonchev–Trinajstić information content (AvgIpc) is 3.52. The number of para-hydroxylation sites is 2. The molecule has 0 bridgehead atoms. The van der Waals surface area contributed by atoms with Gasteiger partial charge in [-0.05, 0) is 42.7 Å². The van der Waals surface area contributed by atoms with E-state index >= 15 is 0 Å². The lowest BCUT2D eigenvalue weighted by molar-refractivity contribution is -0.384. The number of nitro groups is 1. The highest BCUT2D eigenvalue weighted by Gasteiger charge is 2.69. The van der Waals surface area contributed by atoms with Crippen LogP contribution in [-0.2, 0) is 15.1 Å².